The van der Waals surface area contributed by atoms with Crippen molar-refractivity contribution in [2.75, 3.05) is 25.7 Å². The van der Waals surface area contributed by atoms with Crippen LogP contribution >= 0.6 is 11.6 Å². The molecule has 3 rings (SSSR count). The number of halogens is 1. The Morgan fingerprint density at radius 3 is 2.50 bits per heavy atom. The average Bonchev–Trinajstić information content (AvgIpc) is 2.55. The van der Waals surface area contributed by atoms with Gasteiger partial charge in [-0.15, -0.1) is 0 Å². The van der Waals surface area contributed by atoms with Gasteiger partial charge in [0.2, 0.25) is 0 Å². The van der Waals surface area contributed by atoms with Gasteiger partial charge in [-0.3, -0.25) is 0 Å². The molecule has 1 aromatic heterocycles. The zero-order valence-electron chi connectivity index (χ0n) is 12.9. The Hall–Kier alpha value is -2.01. The molecule has 0 saturated heterocycles. The van der Waals surface area contributed by atoms with Crippen LogP contribution in [-0.4, -0.2) is 30.7 Å². The Labute approximate surface area is 134 Å². The molecule has 0 radical (unpaired) electrons. The molecule has 22 heavy (non-hydrogen) atoms. The van der Waals surface area contributed by atoms with Gasteiger partial charge in [0.05, 0.1) is 20.4 Å². The highest BCUT2D eigenvalue weighted by Gasteiger charge is 2.22. The first kappa shape index (κ1) is 14.9. The number of methoxy groups -OCH3 is 2. The van der Waals surface area contributed by atoms with Crippen molar-refractivity contribution in [3.8, 4) is 11.5 Å². The largest absolute Gasteiger partial charge is 0.493 e. The summed E-state index contributed by atoms with van der Waals surface area (Å²) < 4.78 is 10.8. The molecule has 1 aliphatic heterocycles. The zero-order valence-corrected chi connectivity index (χ0v) is 13.6. The number of anilines is 1. The van der Waals surface area contributed by atoms with Crippen molar-refractivity contribution >= 4 is 17.4 Å². The minimum absolute atomic E-state index is 0.578. The Morgan fingerprint density at radius 1 is 1.14 bits per heavy atom. The number of nitrogens with zero attached hydrogens (tertiary/aromatic N) is 3. The van der Waals surface area contributed by atoms with E-state index in [1.165, 1.54) is 11.1 Å². The van der Waals surface area contributed by atoms with E-state index in [9.17, 15) is 0 Å². The molecule has 0 unspecified atom stereocenters. The molecule has 0 fully saturated rings. The van der Waals surface area contributed by atoms with Crippen molar-refractivity contribution in [3.05, 3.63) is 40.3 Å². The third-order valence-electron chi connectivity index (χ3n) is 3.86. The molecule has 2 heterocycles. The minimum Gasteiger partial charge on any atom is -0.493 e. The van der Waals surface area contributed by atoms with Crippen molar-refractivity contribution in [2.24, 2.45) is 0 Å². The lowest BCUT2D eigenvalue weighted by Gasteiger charge is -2.31. The SMILES string of the molecule is COc1cc2c(cc1OC)CN(c1nc(C)ncc1Cl)CC2. The summed E-state index contributed by atoms with van der Waals surface area (Å²) in [6, 6.07) is 4.08. The van der Waals surface area contributed by atoms with Gasteiger partial charge in [-0.25, -0.2) is 9.97 Å². The lowest BCUT2D eigenvalue weighted by molar-refractivity contribution is 0.353. The van der Waals surface area contributed by atoms with E-state index < -0.39 is 0 Å². The van der Waals surface area contributed by atoms with E-state index in [2.05, 4.69) is 20.9 Å². The number of benzene rings is 1. The number of fused-ring (bicyclic) bond motifs is 1. The summed E-state index contributed by atoms with van der Waals surface area (Å²) >= 11 is 6.25. The van der Waals surface area contributed by atoms with Gasteiger partial charge in [0, 0.05) is 13.1 Å². The number of aromatic nitrogens is 2. The van der Waals surface area contributed by atoms with Crippen LogP contribution in [0.1, 0.15) is 17.0 Å². The van der Waals surface area contributed by atoms with Crippen molar-refractivity contribution < 1.29 is 9.47 Å². The van der Waals surface area contributed by atoms with E-state index >= 15 is 0 Å². The van der Waals surface area contributed by atoms with Crippen molar-refractivity contribution in [1.29, 1.82) is 0 Å². The maximum atomic E-state index is 6.25. The first-order chi connectivity index (χ1) is 10.6. The molecule has 0 aliphatic carbocycles. The molecule has 0 amide bonds. The van der Waals surface area contributed by atoms with Crippen LogP contribution in [0.15, 0.2) is 18.3 Å². The maximum absolute atomic E-state index is 6.25. The fraction of sp³-hybridized carbons (Fsp3) is 0.375. The first-order valence-corrected chi connectivity index (χ1v) is 7.48. The first-order valence-electron chi connectivity index (χ1n) is 7.10. The number of aryl methyl sites for hydroxylation is 1. The smallest absolute Gasteiger partial charge is 0.161 e. The van der Waals surface area contributed by atoms with E-state index in [1.807, 2.05) is 13.0 Å². The second-order valence-electron chi connectivity index (χ2n) is 5.24. The fourth-order valence-electron chi connectivity index (χ4n) is 2.73. The third-order valence-corrected chi connectivity index (χ3v) is 4.13. The van der Waals surface area contributed by atoms with E-state index in [-0.39, 0.29) is 0 Å². The maximum Gasteiger partial charge on any atom is 0.161 e. The summed E-state index contributed by atoms with van der Waals surface area (Å²) in [4.78, 5) is 10.8. The highest BCUT2D eigenvalue weighted by atomic mass is 35.5. The Morgan fingerprint density at radius 2 is 1.82 bits per heavy atom. The highest BCUT2D eigenvalue weighted by molar-refractivity contribution is 6.32. The molecule has 0 N–H and O–H groups in total. The summed E-state index contributed by atoms with van der Waals surface area (Å²) in [7, 11) is 3.30. The second-order valence-corrected chi connectivity index (χ2v) is 5.64. The average molecular weight is 320 g/mol. The van der Waals surface area contributed by atoms with Gasteiger partial charge < -0.3 is 14.4 Å². The van der Waals surface area contributed by atoms with E-state index in [1.54, 1.807) is 20.4 Å². The summed E-state index contributed by atoms with van der Waals surface area (Å²) in [6.07, 6.45) is 2.57. The molecule has 2 aromatic rings. The minimum atomic E-state index is 0.578. The molecule has 0 atom stereocenters. The van der Waals surface area contributed by atoms with Gasteiger partial charge in [-0.05, 0) is 36.6 Å². The third kappa shape index (κ3) is 2.68. The van der Waals surface area contributed by atoms with Gasteiger partial charge in [0.1, 0.15) is 10.8 Å². The quantitative estimate of drug-likeness (QED) is 0.870. The fourth-order valence-corrected chi connectivity index (χ4v) is 2.94. The molecule has 0 saturated carbocycles. The summed E-state index contributed by atoms with van der Waals surface area (Å²) in [6.45, 7) is 3.47. The number of rotatable bonds is 3. The normalized spacial score (nSPS) is 13.7. The van der Waals surface area contributed by atoms with Gasteiger partial charge in [-0.1, -0.05) is 11.6 Å². The number of hydrogen-bond donors (Lipinski definition) is 0. The summed E-state index contributed by atoms with van der Waals surface area (Å²) in [5, 5.41) is 0.578. The predicted molar refractivity (Wildman–Crippen MR) is 86.1 cm³/mol. The predicted octanol–water partition coefficient (Wildman–Crippen LogP) is 3.02. The van der Waals surface area contributed by atoms with Crippen LogP contribution in [-0.2, 0) is 13.0 Å². The number of ether oxygens (including phenoxy) is 2. The van der Waals surface area contributed by atoms with Crippen LogP contribution < -0.4 is 14.4 Å². The van der Waals surface area contributed by atoms with Crippen molar-refractivity contribution in [2.45, 2.75) is 19.9 Å². The molecule has 5 nitrogen and oxygen atoms in total. The summed E-state index contributed by atoms with van der Waals surface area (Å²) in [5.41, 5.74) is 2.48. The number of hydrogen-bond acceptors (Lipinski definition) is 5. The van der Waals surface area contributed by atoms with Gasteiger partial charge in [0.25, 0.3) is 0 Å². The van der Waals surface area contributed by atoms with Gasteiger partial charge >= 0.3 is 0 Å². The lowest BCUT2D eigenvalue weighted by atomic mass is 9.99. The Balaban J connectivity index is 1.95. The van der Waals surface area contributed by atoms with Crippen LogP contribution in [0.25, 0.3) is 0 Å². The zero-order chi connectivity index (χ0) is 15.7. The van der Waals surface area contributed by atoms with Gasteiger partial charge in [0.15, 0.2) is 17.3 Å². The lowest BCUT2D eigenvalue weighted by Crippen LogP contribution is -2.31. The Kier molecular flexibility index (Phi) is 4.07. The topological polar surface area (TPSA) is 47.5 Å². The van der Waals surface area contributed by atoms with E-state index in [0.717, 1.165) is 42.7 Å². The van der Waals surface area contributed by atoms with Crippen LogP contribution in [0.5, 0.6) is 11.5 Å². The molecule has 1 aromatic carbocycles. The molecular formula is C16H18ClN3O2. The Bertz CT molecular complexity index is 706. The summed E-state index contributed by atoms with van der Waals surface area (Å²) in [5.74, 6) is 3.02. The molecule has 6 heteroatoms. The van der Waals surface area contributed by atoms with E-state index in [0.29, 0.717) is 5.02 Å². The molecule has 116 valence electrons. The monoisotopic (exact) mass is 319 g/mol. The van der Waals surface area contributed by atoms with Gasteiger partial charge in [-0.2, -0.15) is 0 Å². The van der Waals surface area contributed by atoms with Crippen molar-refractivity contribution in [1.82, 2.24) is 9.97 Å². The van der Waals surface area contributed by atoms with Crippen LogP contribution in [0.3, 0.4) is 0 Å². The molecular weight excluding hydrogens is 302 g/mol. The van der Waals surface area contributed by atoms with E-state index in [4.69, 9.17) is 21.1 Å². The highest BCUT2D eigenvalue weighted by Crippen LogP contribution is 2.35. The van der Waals surface area contributed by atoms with Crippen LogP contribution in [0.4, 0.5) is 5.82 Å². The van der Waals surface area contributed by atoms with Crippen LogP contribution in [0, 0.1) is 6.92 Å². The second kappa shape index (κ2) is 6.01. The molecule has 1 aliphatic rings. The van der Waals surface area contributed by atoms with Crippen LogP contribution in [0.2, 0.25) is 5.02 Å². The van der Waals surface area contributed by atoms with Crippen molar-refractivity contribution in [3.63, 3.8) is 0 Å². The molecule has 0 spiro atoms. The standard InChI is InChI=1S/C16H18ClN3O2/c1-10-18-8-13(17)16(19-10)20-5-4-11-6-14(21-2)15(22-3)7-12(11)9-20/h6-8H,4-5,9H2,1-3H3. The molecule has 0 bridgehead atoms.